The Kier molecular flexibility index (Phi) is 3.43. The average molecular weight is 332 g/mol. The molecule has 3 aromatic rings. The van der Waals surface area contributed by atoms with Crippen molar-refractivity contribution >= 4 is 33.4 Å². The van der Waals surface area contributed by atoms with Crippen LogP contribution in [0.4, 0.5) is 0 Å². The number of hydrogen-bond donors (Lipinski definition) is 1. The third-order valence-corrected chi connectivity index (χ3v) is 5.31. The van der Waals surface area contributed by atoms with Crippen LogP contribution < -0.4 is 11.3 Å². The van der Waals surface area contributed by atoms with Crippen LogP contribution in [0.25, 0.3) is 21.8 Å². The summed E-state index contributed by atoms with van der Waals surface area (Å²) in [5, 5.41) is 5.98. The van der Waals surface area contributed by atoms with Crippen LogP contribution in [-0.4, -0.2) is 16.3 Å². The minimum atomic E-state index is -0.0452. The van der Waals surface area contributed by atoms with Gasteiger partial charge in [0.2, 0.25) is 0 Å². The van der Waals surface area contributed by atoms with E-state index in [1.807, 2.05) is 22.8 Å². The summed E-state index contributed by atoms with van der Waals surface area (Å²) >= 11 is 6.42. The molecule has 0 aliphatic heterocycles. The van der Waals surface area contributed by atoms with E-state index in [1.54, 1.807) is 6.92 Å². The number of fused-ring (bicyclic) bond motifs is 3. The first-order chi connectivity index (χ1) is 11.1. The van der Waals surface area contributed by atoms with Gasteiger partial charge >= 0.3 is 0 Å². The standard InChI is InChI=1S/C17H18ClN3O2/c1-9-14-16(20-23-9)15-12(18)3-2-4-13(15)21(17(14)22)11-6-5-10(7-11)8-19/h2-4,10-11H,5-8,19H2,1H3. The SMILES string of the molecule is Cc1onc2c1c(=O)n(C1CCC(CN)C1)c1cccc(Cl)c21. The number of rotatable bonds is 2. The molecule has 4 rings (SSSR count). The van der Waals surface area contributed by atoms with E-state index in [2.05, 4.69) is 5.16 Å². The third kappa shape index (κ3) is 2.11. The second-order valence-electron chi connectivity index (χ2n) is 6.34. The summed E-state index contributed by atoms with van der Waals surface area (Å²) in [4.78, 5) is 13.1. The fourth-order valence-electron chi connectivity index (χ4n) is 3.83. The van der Waals surface area contributed by atoms with Crippen LogP contribution in [0.15, 0.2) is 27.5 Å². The van der Waals surface area contributed by atoms with Crippen molar-refractivity contribution in [2.45, 2.75) is 32.2 Å². The maximum Gasteiger partial charge on any atom is 0.264 e. The van der Waals surface area contributed by atoms with Gasteiger partial charge in [0, 0.05) is 11.4 Å². The quantitative estimate of drug-likeness (QED) is 0.781. The summed E-state index contributed by atoms with van der Waals surface area (Å²) in [7, 11) is 0. The minimum Gasteiger partial charge on any atom is -0.360 e. The van der Waals surface area contributed by atoms with Gasteiger partial charge in [0.15, 0.2) is 0 Å². The van der Waals surface area contributed by atoms with Crippen LogP contribution in [0.3, 0.4) is 0 Å². The van der Waals surface area contributed by atoms with Gasteiger partial charge in [-0.1, -0.05) is 22.8 Å². The number of aromatic nitrogens is 2. The molecule has 120 valence electrons. The summed E-state index contributed by atoms with van der Waals surface area (Å²) in [6.07, 6.45) is 2.93. The summed E-state index contributed by atoms with van der Waals surface area (Å²) in [6.45, 7) is 2.43. The Bertz CT molecular complexity index is 960. The highest BCUT2D eigenvalue weighted by molar-refractivity contribution is 6.37. The molecule has 0 radical (unpaired) electrons. The fraction of sp³-hybridized carbons (Fsp3) is 0.412. The summed E-state index contributed by atoms with van der Waals surface area (Å²) in [5.74, 6) is 1.01. The van der Waals surface area contributed by atoms with Gasteiger partial charge in [-0.3, -0.25) is 4.79 Å². The maximum absolute atomic E-state index is 13.1. The van der Waals surface area contributed by atoms with E-state index in [4.69, 9.17) is 21.9 Å². The first-order valence-corrected chi connectivity index (χ1v) is 8.28. The summed E-state index contributed by atoms with van der Waals surface area (Å²) in [5.41, 5.74) is 7.15. The van der Waals surface area contributed by atoms with Crippen molar-refractivity contribution in [3.63, 3.8) is 0 Å². The first-order valence-electron chi connectivity index (χ1n) is 7.90. The molecule has 1 saturated carbocycles. The Balaban J connectivity index is 2.09. The second kappa shape index (κ2) is 5.35. The Morgan fingerprint density at radius 2 is 2.22 bits per heavy atom. The molecular formula is C17H18ClN3O2. The lowest BCUT2D eigenvalue weighted by molar-refractivity contribution is 0.405. The predicted molar refractivity (Wildman–Crippen MR) is 91.0 cm³/mol. The number of pyridine rings is 1. The number of halogens is 1. The van der Waals surface area contributed by atoms with Crippen LogP contribution in [-0.2, 0) is 0 Å². The molecule has 1 aromatic carbocycles. The highest BCUT2D eigenvalue weighted by Gasteiger charge is 2.29. The predicted octanol–water partition coefficient (Wildman–Crippen LogP) is 3.40. The number of aryl methyl sites for hydroxylation is 1. The van der Waals surface area contributed by atoms with Crippen LogP contribution in [0.1, 0.15) is 31.1 Å². The molecule has 6 heteroatoms. The zero-order valence-electron chi connectivity index (χ0n) is 12.9. The third-order valence-electron chi connectivity index (χ3n) is 5.00. The van der Waals surface area contributed by atoms with Crippen molar-refractivity contribution in [2.24, 2.45) is 11.7 Å². The van der Waals surface area contributed by atoms with E-state index >= 15 is 0 Å². The molecular weight excluding hydrogens is 314 g/mol. The van der Waals surface area contributed by atoms with Gasteiger partial charge in [-0.05, 0) is 50.8 Å². The zero-order chi connectivity index (χ0) is 16.1. The topological polar surface area (TPSA) is 74.0 Å². The number of benzene rings is 1. The molecule has 2 N–H and O–H groups in total. The smallest absolute Gasteiger partial charge is 0.264 e. The summed E-state index contributed by atoms with van der Waals surface area (Å²) in [6, 6.07) is 5.77. The molecule has 5 nitrogen and oxygen atoms in total. The van der Waals surface area contributed by atoms with Gasteiger partial charge in [-0.25, -0.2) is 0 Å². The van der Waals surface area contributed by atoms with E-state index < -0.39 is 0 Å². The minimum absolute atomic E-state index is 0.0452. The normalized spacial score (nSPS) is 21.5. The van der Waals surface area contributed by atoms with Gasteiger partial charge in [0.1, 0.15) is 16.7 Å². The Morgan fingerprint density at radius 3 is 2.96 bits per heavy atom. The molecule has 0 amide bonds. The molecule has 2 aromatic heterocycles. The highest BCUT2D eigenvalue weighted by Crippen LogP contribution is 2.37. The van der Waals surface area contributed by atoms with Gasteiger partial charge in [-0.15, -0.1) is 0 Å². The van der Waals surface area contributed by atoms with Crippen molar-refractivity contribution in [3.05, 3.63) is 39.3 Å². The van der Waals surface area contributed by atoms with Crippen molar-refractivity contribution in [3.8, 4) is 0 Å². The molecule has 0 spiro atoms. The lowest BCUT2D eigenvalue weighted by Gasteiger charge is -2.18. The van der Waals surface area contributed by atoms with Crippen LogP contribution >= 0.6 is 11.6 Å². The largest absolute Gasteiger partial charge is 0.360 e. The zero-order valence-corrected chi connectivity index (χ0v) is 13.6. The summed E-state index contributed by atoms with van der Waals surface area (Å²) < 4.78 is 7.16. The van der Waals surface area contributed by atoms with Crippen LogP contribution in [0.2, 0.25) is 5.02 Å². The van der Waals surface area contributed by atoms with Crippen LogP contribution in [0, 0.1) is 12.8 Å². The van der Waals surface area contributed by atoms with Gasteiger partial charge in [0.25, 0.3) is 5.56 Å². The molecule has 1 aliphatic rings. The van der Waals surface area contributed by atoms with Gasteiger partial charge in [0.05, 0.1) is 10.5 Å². The molecule has 23 heavy (non-hydrogen) atoms. The van der Waals surface area contributed by atoms with E-state index in [0.717, 1.165) is 30.2 Å². The highest BCUT2D eigenvalue weighted by atomic mass is 35.5. The first kappa shape index (κ1) is 14.7. The molecule has 2 unspecified atom stereocenters. The number of nitrogens with two attached hydrogens (primary N) is 1. The van der Waals surface area contributed by atoms with E-state index in [9.17, 15) is 4.79 Å². The number of hydrogen-bond acceptors (Lipinski definition) is 4. The van der Waals surface area contributed by atoms with E-state index in [-0.39, 0.29) is 11.6 Å². The lowest BCUT2D eigenvalue weighted by atomic mass is 10.1. The van der Waals surface area contributed by atoms with Crippen molar-refractivity contribution < 1.29 is 4.52 Å². The molecule has 0 saturated heterocycles. The Hall–Kier alpha value is -1.85. The van der Waals surface area contributed by atoms with Crippen molar-refractivity contribution in [1.82, 2.24) is 9.72 Å². The number of nitrogens with zero attached hydrogens (tertiary/aromatic N) is 2. The van der Waals surface area contributed by atoms with E-state index in [1.165, 1.54) is 0 Å². The second-order valence-corrected chi connectivity index (χ2v) is 6.75. The van der Waals surface area contributed by atoms with Gasteiger partial charge < -0.3 is 14.8 Å². The molecule has 1 aliphatic carbocycles. The average Bonchev–Trinajstić information content (AvgIpc) is 3.15. The monoisotopic (exact) mass is 331 g/mol. The Labute approximate surface area is 138 Å². The van der Waals surface area contributed by atoms with Gasteiger partial charge in [-0.2, -0.15) is 0 Å². The lowest BCUT2D eigenvalue weighted by Crippen LogP contribution is -2.25. The fourth-order valence-corrected chi connectivity index (χ4v) is 4.09. The van der Waals surface area contributed by atoms with Crippen LogP contribution in [0.5, 0.6) is 0 Å². The molecule has 2 atom stereocenters. The van der Waals surface area contributed by atoms with Crippen molar-refractivity contribution in [1.29, 1.82) is 0 Å². The molecule has 1 fully saturated rings. The van der Waals surface area contributed by atoms with Crippen molar-refractivity contribution in [2.75, 3.05) is 6.54 Å². The molecule has 2 heterocycles. The Morgan fingerprint density at radius 1 is 1.39 bits per heavy atom. The maximum atomic E-state index is 13.1. The molecule has 0 bridgehead atoms. The van der Waals surface area contributed by atoms with E-state index in [0.29, 0.717) is 34.1 Å².